The van der Waals surface area contributed by atoms with E-state index in [0.29, 0.717) is 5.91 Å². The van der Waals surface area contributed by atoms with Crippen molar-refractivity contribution in [2.45, 2.75) is 64.1 Å². The van der Waals surface area contributed by atoms with Crippen LogP contribution in [0.15, 0.2) is 0 Å². The van der Waals surface area contributed by atoms with Gasteiger partial charge in [0.25, 0.3) is 0 Å². The van der Waals surface area contributed by atoms with Crippen molar-refractivity contribution >= 4 is 5.91 Å². The molecule has 0 aliphatic carbocycles. The quantitative estimate of drug-likeness (QED) is 0.843. The first-order valence-electron chi connectivity index (χ1n) is 9.65. The molecule has 0 radical (unpaired) electrons. The number of likely N-dealkylation sites (tertiary alicyclic amines) is 1. The highest BCUT2D eigenvalue weighted by Gasteiger charge is 2.30. The summed E-state index contributed by atoms with van der Waals surface area (Å²) >= 11 is 0. The number of piperidine rings is 1. The van der Waals surface area contributed by atoms with Crippen LogP contribution >= 0.6 is 0 Å². The van der Waals surface area contributed by atoms with E-state index in [9.17, 15) is 4.79 Å². The predicted octanol–water partition coefficient (Wildman–Crippen LogP) is 1.15. The van der Waals surface area contributed by atoms with Crippen molar-refractivity contribution in [2.75, 3.05) is 45.8 Å². The van der Waals surface area contributed by atoms with Crippen LogP contribution in [0.25, 0.3) is 0 Å². The second kappa shape index (κ2) is 7.95. The van der Waals surface area contributed by atoms with Gasteiger partial charge in [-0.3, -0.25) is 14.6 Å². The average Bonchev–Trinajstić information content (AvgIpc) is 2.92. The minimum atomic E-state index is 0.0848. The third kappa shape index (κ3) is 4.25. The molecule has 0 aromatic carbocycles. The number of rotatable bonds is 4. The number of nitrogens with zero attached hydrogens (tertiary/aromatic N) is 3. The molecule has 3 saturated heterocycles. The van der Waals surface area contributed by atoms with Crippen LogP contribution in [0.4, 0.5) is 0 Å². The number of carbonyl (C=O) groups excluding carboxylic acids is 1. The zero-order valence-electron chi connectivity index (χ0n) is 15.0. The second-order valence-electron chi connectivity index (χ2n) is 7.68. The molecule has 3 rings (SSSR count). The first kappa shape index (κ1) is 17.2. The van der Waals surface area contributed by atoms with Crippen molar-refractivity contribution < 1.29 is 4.79 Å². The topological polar surface area (TPSA) is 38.8 Å². The fourth-order valence-corrected chi connectivity index (χ4v) is 4.42. The molecule has 1 N–H and O–H groups in total. The maximum atomic E-state index is 12.5. The molecule has 3 atom stereocenters. The molecule has 3 aliphatic rings. The normalized spacial score (nSPS) is 34.0. The molecule has 3 aliphatic heterocycles. The van der Waals surface area contributed by atoms with Crippen LogP contribution in [0.3, 0.4) is 0 Å². The fourth-order valence-electron chi connectivity index (χ4n) is 4.42. The molecule has 23 heavy (non-hydrogen) atoms. The molecule has 0 saturated carbocycles. The van der Waals surface area contributed by atoms with Crippen LogP contribution in [-0.2, 0) is 4.79 Å². The van der Waals surface area contributed by atoms with E-state index in [1.165, 1.54) is 32.2 Å². The number of carbonyl (C=O) groups is 1. The smallest absolute Gasteiger partial charge is 0.239 e. The molecular weight excluding hydrogens is 288 g/mol. The van der Waals surface area contributed by atoms with E-state index in [1.807, 2.05) is 0 Å². The van der Waals surface area contributed by atoms with Gasteiger partial charge in [0.05, 0.1) is 6.04 Å². The molecule has 5 nitrogen and oxygen atoms in total. The first-order chi connectivity index (χ1) is 11.1. The lowest BCUT2D eigenvalue weighted by atomic mass is 10.0. The molecule has 0 aromatic heterocycles. The van der Waals surface area contributed by atoms with Gasteiger partial charge in [-0.2, -0.15) is 0 Å². The zero-order valence-corrected chi connectivity index (χ0v) is 15.0. The van der Waals surface area contributed by atoms with Crippen molar-refractivity contribution in [3.05, 3.63) is 0 Å². The lowest BCUT2D eigenvalue weighted by molar-refractivity contribution is -0.135. The predicted molar refractivity (Wildman–Crippen MR) is 93.5 cm³/mol. The van der Waals surface area contributed by atoms with E-state index in [2.05, 4.69) is 33.9 Å². The fraction of sp³-hybridized carbons (Fsp3) is 0.944. The van der Waals surface area contributed by atoms with Crippen molar-refractivity contribution in [3.63, 3.8) is 0 Å². The van der Waals surface area contributed by atoms with Crippen LogP contribution in [-0.4, -0.2) is 84.5 Å². The Kier molecular flexibility index (Phi) is 5.94. The Hall–Kier alpha value is -0.650. The van der Waals surface area contributed by atoms with E-state index >= 15 is 0 Å². The first-order valence-corrected chi connectivity index (χ1v) is 9.65. The molecule has 0 bridgehead atoms. The summed E-state index contributed by atoms with van der Waals surface area (Å²) < 4.78 is 0. The molecule has 1 amide bonds. The van der Waals surface area contributed by atoms with Gasteiger partial charge in [0.2, 0.25) is 5.91 Å². The van der Waals surface area contributed by atoms with Crippen LogP contribution in [0, 0.1) is 0 Å². The van der Waals surface area contributed by atoms with E-state index < -0.39 is 0 Å². The Morgan fingerprint density at radius 1 is 0.957 bits per heavy atom. The van der Waals surface area contributed by atoms with Gasteiger partial charge in [0.15, 0.2) is 0 Å². The minimum Gasteiger partial charge on any atom is -0.339 e. The van der Waals surface area contributed by atoms with Gasteiger partial charge in [-0.15, -0.1) is 0 Å². The molecule has 3 fully saturated rings. The minimum absolute atomic E-state index is 0.0848. The second-order valence-corrected chi connectivity index (χ2v) is 7.68. The van der Waals surface area contributed by atoms with E-state index in [-0.39, 0.29) is 6.04 Å². The lowest BCUT2D eigenvalue weighted by Crippen LogP contribution is -2.55. The molecule has 0 unspecified atom stereocenters. The highest BCUT2D eigenvalue weighted by Crippen LogP contribution is 2.23. The van der Waals surface area contributed by atoms with Gasteiger partial charge in [-0.25, -0.2) is 0 Å². The third-order valence-corrected chi connectivity index (χ3v) is 6.10. The van der Waals surface area contributed by atoms with Gasteiger partial charge in [0.1, 0.15) is 0 Å². The molecular formula is C18H34N4O. The van der Waals surface area contributed by atoms with Crippen molar-refractivity contribution in [2.24, 2.45) is 0 Å². The van der Waals surface area contributed by atoms with Crippen LogP contribution < -0.4 is 5.32 Å². The third-order valence-electron chi connectivity index (χ3n) is 6.10. The summed E-state index contributed by atoms with van der Waals surface area (Å²) in [6.07, 6.45) is 6.11. The van der Waals surface area contributed by atoms with Crippen molar-refractivity contribution in [1.29, 1.82) is 0 Å². The number of amides is 1. The summed E-state index contributed by atoms with van der Waals surface area (Å²) in [7, 11) is 0. The zero-order chi connectivity index (χ0) is 16.2. The van der Waals surface area contributed by atoms with Gasteiger partial charge in [-0.05, 0) is 46.1 Å². The maximum Gasteiger partial charge on any atom is 0.239 e. The van der Waals surface area contributed by atoms with E-state index in [4.69, 9.17) is 0 Å². The summed E-state index contributed by atoms with van der Waals surface area (Å²) in [6, 6.07) is 1.57. The SMILES string of the molecule is C[C@H]1CC[C@H](C)N1CCN1CCN(C(=O)[C@@H]2CCCCN2)CC1. The van der Waals surface area contributed by atoms with Gasteiger partial charge < -0.3 is 10.2 Å². The Bertz CT molecular complexity index is 378. The molecule has 0 aromatic rings. The highest BCUT2D eigenvalue weighted by molar-refractivity contribution is 5.82. The largest absolute Gasteiger partial charge is 0.339 e. The lowest BCUT2D eigenvalue weighted by Gasteiger charge is -2.38. The number of piperazine rings is 1. The summed E-state index contributed by atoms with van der Waals surface area (Å²) in [5.74, 6) is 0.339. The summed E-state index contributed by atoms with van der Waals surface area (Å²) in [5, 5.41) is 3.39. The number of hydrogen-bond acceptors (Lipinski definition) is 4. The molecule has 132 valence electrons. The van der Waals surface area contributed by atoms with Crippen molar-refractivity contribution in [1.82, 2.24) is 20.0 Å². The number of nitrogens with one attached hydrogen (secondary N) is 1. The average molecular weight is 322 g/mol. The Balaban J connectivity index is 1.39. The molecule has 3 heterocycles. The Morgan fingerprint density at radius 3 is 2.26 bits per heavy atom. The van der Waals surface area contributed by atoms with Crippen LogP contribution in [0.5, 0.6) is 0 Å². The number of hydrogen-bond donors (Lipinski definition) is 1. The van der Waals surface area contributed by atoms with Crippen molar-refractivity contribution in [3.8, 4) is 0 Å². The van der Waals surface area contributed by atoms with Gasteiger partial charge in [0, 0.05) is 51.4 Å². The van der Waals surface area contributed by atoms with E-state index in [0.717, 1.165) is 57.8 Å². The van der Waals surface area contributed by atoms with Gasteiger partial charge >= 0.3 is 0 Å². The maximum absolute atomic E-state index is 12.5. The molecule has 0 spiro atoms. The monoisotopic (exact) mass is 322 g/mol. The summed E-state index contributed by atoms with van der Waals surface area (Å²) in [5.41, 5.74) is 0. The highest BCUT2D eigenvalue weighted by atomic mass is 16.2. The van der Waals surface area contributed by atoms with Gasteiger partial charge in [-0.1, -0.05) is 6.42 Å². The standard InChI is InChI=1S/C18H34N4O/c1-15-6-7-16(2)22(15)14-11-20-9-12-21(13-10-20)18(23)17-5-3-4-8-19-17/h15-17,19H,3-14H2,1-2H3/t15-,16-,17-/m0/s1. The van der Waals surface area contributed by atoms with Crippen LogP contribution in [0.2, 0.25) is 0 Å². The summed E-state index contributed by atoms with van der Waals surface area (Å²) in [6.45, 7) is 11.9. The van der Waals surface area contributed by atoms with E-state index in [1.54, 1.807) is 0 Å². The Labute approximate surface area is 141 Å². The Morgan fingerprint density at radius 2 is 1.65 bits per heavy atom. The summed E-state index contributed by atoms with van der Waals surface area (Å²) in [4.78, 5) is 19.8. The van der Waals surface area contributed by atoms with Crippen LogP contribution in [0.1, 0.15) is 46.0 Å². The molecule has 5 heteroatoms.